The monoisotopic (exact) mass is 515 g/mol. The van der Waals surface area contributed by atoms with Crippen molar-refractivity contribution in [3.8, 4) is 0 Å². The van der Waals surface area contributed by atoms with E-state index in [0.717, 1.165) is 43.3 Å². The van der Waals surface area contributed by atoms with Gasteiger partial charge in [0.2, 0.25) is 0 Å². The summed E-state index contributed by atoms with van der Waals surface area (Å²) in [4.78, 5) is 10.9. The molecule has 1 aliphatic carbocycles. The number of anilines is 1. The minimum atomic E-state index is -0.131. The zero-order valence-electron chi connectivity index (χ0n) is 15.6. The van der Waals surface area contributed by atoms with E-state index in [0.29, 0.717) is 5.02 Å². The summed E-state index contributed by atoms with van der Waals surface area (Å²) in [6.45, 7) is 1.71. The van der Waals surface area contributed by atoms with Crippen molar-refractivity contribution in [3.63, 3.8) is 0 Å². The van der Waals surface area contributed by atoms with Crippen LogP contribution in [0.25, 0.3) is 0 Å². The smallest absolute Gasteiger partial charge is 0.191 e. The highest BCUT2D eigenvalue weighted by Gasteiger charge is 2.40. The Hall–Kier alpha value is -1.61. The Morgan fingerprint density at radius 1 is 1.25 bits per heavy atom. The third-order valence-electron chi connectivity index (χ3n) is 5.21. The number of rotatable bonds is 4. The second-order valence-corrected chi connectivity index (χ2v) is 7.48. The minimum absolute atomic E-state index is 0. The van der Waals surface area contributed by atoms with Crippen molar-refractivity contribution in [2.24, 2.45) is 4.99 Å². The summed E-state index contributed by atoms with van der Waals surface area (Å²) in [5, 5.41) is 7.57. The zero-order chi connectivity index (χ0) is 18.8. The van der Waals surface area contributed by atoms with E-state index in [2.05, 4.69) is 25.5 Å². The predicted molar refractivity (Wildman–Crippen MR) is 122 cm³/mol. The standard InChI is InChI=1S/C20H23ClFN5.HI/c1-23-20(26-18-11-15(18)14-5-2-3-7-17(14)22)25-13-8-10-27(12-13)19-16(21)6-4-9-24-19;/h2-7,9,13,15,18H,8,10-12H2,1H3,(H2,23,25,26);1H. The topological polar surface area (TPSA) is 52.6 Å². The largest absolute Gasteiger partial charge is 0.353 e. The lowest BCUT2D eigenvalue weighted by atomic mass is 10.1. The van der Waals surface area contributed by atoms with Crippen LogP contribution in [0.3, 0.4) is 0 Å². The molecule has 0 spiro atoms. The molecule has 2 fully saturated rings. The van der Waals surface area contributed by atoms with Crippen LogP contribution >= 0.6 is 35.6 Å². The summed E-state index contributed by atoms with van der Waals surface area (Å²) < 4.78 is 13.9. The molecule has 1 aromatic carbocycles. The summed E-state index contributed by atoms with van der Waals surface area (Å²) in [7, 11) is 1.76. The van der Waals surface area contributed by atoms with Crippen LogP contribution in [0.5, 0.6) is 0 Å². The number of hydrogen-bond donors (Lipinski definition) is 2. The van der Waals surface area contributed by atoms with E-state index in [9.17, 15) is 4.39 Å². The molecule has 0 bridgehead atoms. The van der Waals surface area contributed by atoms with Crippen LogP contribution in [0, 0.1) is 5.82 Å². The highest BCUT2D eigenvalue weighted by Crippen LogP contribution is 2.41. The van der Waals surface area contributed by atoms with E-state index in [4.69, 9.17) is 11.6 Å². The average molecular weight is 516 g/mol. The number of nitrogens with one attached hydrogen (secondary N) is 2. The molecule has 2 heterocycles. The molecule has 2 N–H and O–H groups in total. The number of guanidine groups is 1. The van der Waals surface area contributed by atoms with Gasteiger partial charge in [-0.1, -0.05) is 29.8 Å². The van der Waals surface area contributed by atoms with Crippen LogP contribution in [0.2, 0.25) is 5.02 Å². The number of benzene rings is 1. The molecule has 3 atom stereocenters. The van der Waals surface area contributed by atoms with Crippen LogP contribution < -0.4 is 15.5 Å². The molecule has 3 unspecified atom stereocenters. The summed E-state index contributed by atoms with van der Waals surface area (Å²) in [5.74, 6) is 1.66. The molecule has 0 radical (unpaired) electrons. The van der Waals surface area contributed by atoms with Crippen LogP contribution in [0.1, 0.15) is 24.3 Å². The molecule has 0 amide bonds. The molecular formula is C20H24ClFIN5. The van der Waals surface area contributed by atoms with Gasteiger partial charge in [0.05, 0.1) is 5.02 Å². The van der Waals surface area contributed by atoms with Gasteiger partial charge in [-0.3, -0.25) is 4.99 Å². The fourth-order valence-electron chi connectivity index (χ4n) is 3.69. The van der Waals surface area contributed by atoms with Crippen molar-refractivity contribution < 1.29 is 4.39 Å². The van der Waals surface area contributed by atoms with Crippen molar-refractivity contribution in [1.82, 2.24) is 15.6 Å². The first-order chi connectivity index (χ1) is 13.2. The second-order valence-electron chi connectivity index (χ2n) is 7.07. The molecule has 1 aromatic heterocycles. The van der Waals surface area contributed by atoms with Crippen LogP contribution in [-0.2, 0) is 0 Å². The minimum Gasteiger partial charge on any atom is -0.353 e. The van der Waals surface area contributed by atoms with E-state index in [1.807, 2.05) is 24.3 Å². The molecule has 1 saturated carbocycles. The zero-order valence-corrected chi connectivity index (χ0v) is 18.7. The molecule has 1 saturated heterocycles. The van der Waals surface area contributed by atoms with Gasteiger partial charge in [0, 0.05) is 44.3 Å². The predicted octanol–water partition coefficient (Wildman–Crippen LogP) is 3.79. The van der Waals surface area contributed by atoms with E-state index < -0.39 is 0 Å². The number of hydrogen-bond acceptors (Lipinski definition) is 3. The molecule has 2 aliphatic rings. The third kappa shape index (κ3) is 4.68. The molecule has 4 rings (SSSR count). The lowest BCUT2D eigenvalue weighted by Gasteiger charge is -2.20. The molecule has 1 aliphatic heterocycles. The number of halogens is 3. The maximum absolute atomic E-state index is 13.9. The van der Waals surface area contributed by atoms with Gasteiger partial charge in [-0.05, 0) is 36.6 Å². The Kier molecular flexibility index (Phi) is 6.98. The van der Waals surface area contributed by atoms with Crippen molar-refractivity contribution >= 4 is 47.4 Å². The molecular weight excluding hydrogens is 492 g/mol. The van der Waals surface area contributed by atoms with Crippen LogP contribution in [0.4, 0.5) is 10.2 Å². The summed E-state index contributed by atoms with van der Waals surface area (Å²) in [6, 6.07) is 11.2. The Labute approximate surface area is 186 Å². The number of pyridine rings is 1. The quantitative estimate of drug-likeness (QED) is 0.370. The fourth-order valence-corrected chi connectivity index (χ4v) is 3.94. The highest BCUT2D eigenvalue weighted by atomic mass is 127. The van der Waals surface area contributed by atoms with Gasteiger partial charge in [0.25, 0.3) is 0 Å². The number of nitrogens with zero attached hydrogens (tertiary/aromatic N) is 3. The Bertz CT molecular complexity index is 849. The average Bonchev–Trinajstić information content (AvgIpc) is 3.28. The number of aliphatic imine (C=N–C) groups is 1. The van der Waals surface area contributed by atoms with E-state index >= 15 is 0 Å². The molecule has 8 heteroatoms. The lowest BCUT2D eigenvalue weighted by Crippen LogP contribution is -2.45. The Balaban J connectivity index is 0.00000225. The molecule has 150 valence electrons. The van der Waals surface area contributed by atoms with E-state index in [1.54, 1.807) is 19.3 Å². The summed E-state index contributed by atoms with van der Waals surface area (Å²) >= 11 is 6.26. The van der Waals surface area contributed by atoms with Crippen molar-refractivity contribution in [1.29, 1.82) is 0 Å². The van der Waals surface area contributed by atoms with Crippen molar-refractivity contribution in [2.75, 3.05) is 25.0 Å². The molecule has 5 nitrogen and oxygen atoms in total. The van der Waals surface area contributed by atoms with E-state index in [1.165, 1.54) is 6.07 Å². The lowest BCUT2D eigenvalue weighted by molar-refractivity contribution is 0.606. The van der Waals surface area contributed by atoms with Gasteiger partial charge in [0.1, 0.15) is 11.6 Å². The first-order valence-corrected chi connectivity index (χ1v) is 9.63. The number of aromatic nitrogens is 1. The van der Waals surface area contributed by atoms with Crippen molar-refractivity contribution in [3.05, 3.63) is 59.0 Å². The normalized spacial score (nSPS) is 23.9. The van der Waals surface area contributed by atoms with Crippen LogP contribution in [-0.4, -0.2) is 43.2 Å². The third-order valence-corrected chi connectivity index (χ3v) is 5.50. The molecule has 2 aromatic rings. The summed E-state index contributed by atoms with van der Waals surface area (Å²) in [5.41, 5.74) is 0.780. The van der Waals surface area contributed by atoms with Crippen LogP contribution in [0.15, 0.2) is 47.6 Å². The first-order valence-electron chi connectivity index (χ1n) is 9.25. The second kappa shape index (κ2) is 9.26. The summed E-state index contributed by atoms with van der Waals surface area (Å²) in [6.07, 6.45) is 3.66. The Morgan fingerprint density at radius 2 is 2.07 bits per heavy atom. The van der Waals surface area contributed by atoms with E-state index in [-0.39, 0.29) is 47.8 Å². The maximum Gasteiger partial charge on any atom is 0.191 e. The highest BCUT2D eigenvalue weighted by molar-refractivity contribution is 14.0. The van der Waals surface area contributed by atoms with Gasteiger partial charge >= 0.3 is 0 Å². The van der Waals surface area contributed by atoms with Gasteiger partial charge in [0.15, 0.2) is 5.96 Å². The fraction of sp³-hybridized carbons (Fsp3) is 0.400. The Morgan fingerprint density at radius 3 is 2.82 bits per heavy atom. The van der Waals surface area contributed by atoms with Crippen molar-refractivity contribution in [2.45, 2.75) is 30.8 Å². The molecule has 28 heavy (non-hydrogen) atoms. The van der Waals surface area contributed by atoms with Gasteiger partial charge in [-0.2, -0.15) is 0 Å². The van der Waals surface area contributed by atoms with Gasteiger partial charge in [-0.25, -0.2) is 9.37 Å². The van der Waals surface area contributed by atoms with Gasteiger partial charge in [-0.15, -0.1) is 24.0 Å². The SMILES string of the molecule is CN=C(NC1CCN(c2ncccc2Cl)C1)NC1CC1c1ccccc1F.I. The van der Waals surface area contributed by atoms with Gasteiger partial charge < -0.3 is 15.5 Å². The maximum atomic E-state index is 13.9. The first kappa shape index (κ1) is 21.1.